The van der Waals surface area contributed by atoms with Crippen LogP contribution >= 0.6 is 0 Å². The van der Waals surface area contributed by atoms with E-state index in [2.05, 4.69) is 15.0 Å². The van der Waals surface area contributed by atoms with Crippen LogP contribution in [0.3, 0.4) is 0 Å². The molecule has 3 aromatic rings. The van der Waals surface area contributed by atoms with Crippen LogP contribution in [-0.2, 0) is 0 Å². The van der Waals surface area contributed by atoms with Gasteiger partial charge in [0, 0.05) is 12.4 Å². The van der Waals surface area contributed by atoms with Crippen molar-refractivity contribution in [2.24, 2.45) is 0 Å². The van der Waals surface area contributed by atoms with Crippen LogP contribution in [0.15, 0.2) is 43.0 Å². The average Bonchev–Trinajstić information content (AvgIpc) is 2.74. The monoisotopic (exact) mass is 210 g/mol. The van der Waals surface area contributed by atoms with Gasteiger partial charge in [-0.15, -0.1) is 0 Å². The predicted molar refractivity (Wildman–Crippen MR) is 61.4 cm³/mol. The van der Waals surface area contributed by atoms with Crippen molar-refractivity contribution < 1.29 is 0 Å². The van der Waals surface area contributed by atoms with Crippen LogP contribution in [0.4, 0.5) is 0 Å². The number of benzene rings is 1. The Balaban J connectivity index is 2.22. The van der Waals surface area contributed by atoms with Crippen LogP contribution < -0.4 is 0 Å². The fraction of sp³-hybridized carbons (Fsp3) is 0.0833. The van der Waals surface area contributed by atoms with Crippen molar-refractivity contribution in [3.8, 4) is 5.95 Å². The minimum absolute atomic E-state index is 0.652. The minimum Gasteiger partial charge on any atom is -0.267 e. The molecular formula is C12H10N4. The molecular weight excluding hydrogens is 200 g/mol. The second kappa shape index (κ2) is 3.41. The van der Waals surface area contributed by atoms with E-state index in [9.17, 15) is 0 Å². The lowest BCUT2D eigenvalue weighted by molar-refractivity contribution is 0.940. The van der Waals surface area contributed by atoms with Crippen LogP contribution in [0.2, 0.25) is 0 Å². The van der Waals surface area contributed by atoms with Crippen LogP contribution in [0, 0.1) is 6.92 Å². The van der Waals surface area contributed by atoms with Crippen molar-refractivity contribution in [3.63, 3.8) is 0 Å². The van der Waals surface area contributed by atoms with E-state index in [-0.39, 0.29) is 0 Å². The third-order valence-electron chi connectivity index (χ3n) is 2.44. The van der Waals surface area contributed by atoms with Gasteiger partial charge in [0.05, 0.1) is 11.0 Å². The highest BCUT2D eigenvalue weighted by atomic mass is 15.2. The van der Waals surface area contributed by atoms with Gasteiger partial charge in [0.1, 0.15) is 6.33 Å². The first-order chi connectivity index (χ1) is 7.84. The van der Waals surface area contributed by atoms with Gasteiger partial charge in [0.25, 0.3) is 0 Å². The fourth-order valence-electron chi connectivity index (χ4n) is 1.63. The van der Waals surface area contributed by atoms with Crippen LogP contribution in [0.5, 0.6) is 0 Å². The van der Waals surface area contributed by atoms with E-state index in [0.717, 1.165) is 16.6 Å². The summed E-state index contributed by atoms with van der Waals surface area (Å²) in [5.41, 5.74) is 3.02. The van der Waals surface area contributed by atoms with E-state index in [4.69, 9.17) is 0 Å². The van der Waals surface area contributed by atoms with Crippen LogP contribution in [0.25, 0.3) is 17.0 Å². The Morgan fingerprint density at radius 3 is 2.56 bits per heavy atom. The molecule has 0 spiro atoms. The number of aryl methyl sites for hydroxylation is 1. The summed E-state index contributed by atoms with van der Waals surface area (Å²) >= 11 is 0. The first kappa shape index (κ1) is 9.03. The zero-order valence-electron chi connectivity index (χ0n) is 8.83. The second-order valence-corrected chi connectivity index (χ2v) is 3.66. The molecule has 16 heavy (non-hydrogen) atoms. The molecule has 0 unspecified atom stereocenters. The Morgan fingerprint density at radius 2 is 1.75 bits per heavy atom. The molecule has 0 aliphatic heterocycles. The average molecular weight is 210 g/mol. The molecule has 2 heterocycles. The van der Waals surface area contributed by atoms with Crippen molar-refractivity contribution in [2.75, 3.05) is 0 Å². The molecule has 0 fully saturated rings. The van der Waals surface area contributed by atoms with Crippen LogP contribution in [-0.4, -0.2) is 19.5 Å². The maximum Gasteiger partial charge on any atom is 0.235 e. The Labute approximate surface area is 92.6 Å². The molecule has 0 bridgehead atoms. The topological polar surface area (TPSA) is 43.6 Å². The third kappa shape index (κ3) is 1.35. The quantitative estimate of drug-likeness (QED) is 0.618. The van der Waals surface area contributed by atoms with E-state index in [1.165, 1.54) is 0 Å². The highest BCUT2D eigenvalue weighted by molar-refractivity contribution is 5.76. The Morgan fingerprint density at radius 1 is 1.00 bits per heavy atom. The van der Waals surface area contributed by atoms with Crippen molar-refractivity contribution in [3.05, 3.63) is 48.5 Å². The Bertz CT molecular complexity index is 625. The van der Waals surface area contributed by atoms with E-state index >= 15 is 0 Å². The van der Waals surface area contributed by atoms with Crippen molar-refractivity contribution in [2.45, 2.75) is 6.92 Å². The smallest absolute Gasteiger partial charge is 0.235 e. The molecule has 4 heteroatoms. The highest BCUT2D eigenvalue weighted by Crippen LogP contribution is 2.14. The number of aromatic nitrogens is 4. The number of rotatable bonds is 1. The molecule has 78 valence electrons. The summed E-state index contributed by atoms with van der Waals surface area (Å²) < 4.78 is 1.88. The first-order valence-corrected chi connectivity index (χ1v) is 5.06. The van der Waals surface area contributed by atoms with Crippen molar-refractivity contribution in [1.82, 2.24) is 19.5 Å². The van der Waals surface area contributed by atoms with Crippen LogP contribution in [0.1, 0.15) is 5.56 Å². The van der Waals surface area contributed by atoms with Gasteiger partial charge in [-0.1, -0.05) is 12.1 Å². The zero-order valence-corrected chi connectivity index (χ0v) is 8.83. The number of nitrogens with zero attached hydrogens (tertiary/aromatic N) is 4. The normalized spacial score (nSPS) is 10.8. The van der Waals surface area contributed by atoms with Gasteiger partial charge in [0.15, 0.2) is 0 Å². The third-order valence-corrected chi connectivity index (χ3v) is 2.44. The summed E-state index contributed by atoms with van der Waals surface area (Å²) in [5.74, 6) is 0.652. The minimum atomic E-state index is 0.652. The molecule has 1 aromatic carbocycles. The van der Waals surface area contributed by atoms with Crippen molar-refractivity contribution in [1.29, 1.82) is 0 Å². The first-order valence-electron chi connectivity index (χ1n) is 5.06. The van der Waals surface area contributed by atoms with Gasteiger partial charge in [0.2, 0.25) is 5.95 Å². The maximum absolute atomic E-state index is 4.30. The van der Waals surface area contributed by atoms with Gasteiger partial charge in [-0.25, -0.2) is 15.0 Å². The van der Waals surface area contributed by atoms with E-state index in [1.54, 1.807) is 18.7 Å². The molecule has 0 radical (unpaired) electrons. The van der Waals surface area contributed by atoms with Crippen molar-refractivity contribution >= 4 is 11.0 Å². The lowest BCUT2D eigenvalue weighted by atomic mass is 10.3. The number of hydrogen-bond donors (Lipinski definition) is 0. The highest BCUT2D eigenvalue weighted by Gasteiger charge is 2.04. The number of para-hydroxylation sites is 2. The molecule has 0 N–H and O–H groups in total. The fourth-order valence-corrected chi connectivity index (χ4v) is 1.63. The standard InChI is InChI=1S/C12H10N4/c1-9-6-13-12(14-7-9)16-8-15-10-4-2-3-5-11(10)16/h2-8H,1H3. The Hall–Kier alpha value is -2.23. The van der Waals surface area contributed by atoms with E-state index < -0.39 is 0 Å². The molecule has 0 saturated heterocycles. The van der Waals surface area contributed by atoms with Gasteiger partial charge < -0.3 is 0 Å². The summed E-state index contributed by atoms with van der Waals surface area (Å²) in [6.45, 7) is 1.97. The summed E-state index contributed by atoms with van der Waals surface area (Å²) in [5, 5.41) is 0. The number of hydrogen-bond acceptors (Lipinski definition) is 3. The van der Waals surface area contributed by atoms with Gasteiger partial charge in [-0.3, -0.25) is 4.57 Å². The lowest BCUT2D eigenvalue weighted by Gasteiger charge is -2.01. The molecule has 0 aliphatic rings. The number of fused-ring (bicyclic) bond motifs is 1. The molecule has 0 saturated carbocycles. The largest absolute Gasteiger partial charge is 0.267 e. The SMILES string of the molecule is Cc1cnc(-n2cnc3ccccc32)nc1. The molecule has 0 amide bonds. The maximum atomic E-state index is 4.30. The van der Waals surface area contributed by atoms with Gasteiger partial charge in [-0.2, -0.15) is 0 Å². The molecule has 4 nitrogen and oxygen atoms in total. The zero-order chi connectivity index (χ0) is 11.0. The van der Waals surface area contributed by atoms with Gasteiger partial charge >= 0.3 is 0 Å². The second-order valence-electron chi connectivity index (χ2n) is 3.66. The summed E-state index contributed by atoms with van der Waals surface area (Å²) in [4.78, 5) is 12.9. The molecule has 2 aromatic heterocycles. The summed E-state index contributed by atoms with van der Waals surface area (Å²) in [7, 11) is 0. The molecule has 3 rings (SSSR count). The van der Waals surface area contributed by atoms with Gasteiger partial charge in [-0.05, 0) is 24.6 Å². The van der Waals surface area contributed by atoms with E-state index in [0.29, 0.717) is 5.95 Å². The molecule has 0 aliphatic carbocycles. The lowest BCUT2D eigenvalue weighted by Crippen LogP contribution is -1.99. The molecule has 0 atom stereocenters. The number of imidazole rings is 1. The summed E-state index contributed by atoms with van der Waals surface area (Å²) in [6.07, 6.45) is 5.35. The predicted octanol–water partition coefficient (Wildman–Crippen LogP) is 2.12. The van der Waals surface area contributed by atoms with E-state index in [1.807, 2.05) is 35.8 Å². The summed E-state index contributed by atoms with van der Waals surface area (Å²) in [6, 6.07) is 7.93. The Kier molecular flexibility index (Phi) is 1.93.